The minimum absolute atomic E-state index is 0.333. The van der Waals surface area contributed by atoms with Gasteiger partial charge in [0.25, 0.3) is 5.91 Å². The van der Waals surface area contributed by atoms with Crippen LogP contribution in [0.15, 0.2) is 55.0 Å². The van der Waals surface area contributed by atoms with E-state index in [-0.39, 0.29) is 11.7 Å². The molecule has 22 heavy (non-hydrogen) atoms. The van der Waals surface area contributed by atoms with Crippen LogP contribution in [0.1, 0.15) is 16.2 Å². The third-order valence-electron chi connectivity index (χ3n) is 3.11. The minimum atomic E-state index is -0.334. The second-order valence-electron chi connectivity index (χ2n) is 4.74. The molecule has 0 saturated heterocycles. The molecule has 0 unspecified atom stereocenters. The number of aryl methyl sites for hydroxylation is 1. The van der Waals surface area contributed by atoms with Crippen molar-refractivity contribution < 1.29 is 9.18 Å². The number of hydrogen-bond acceptors (Lipinski definition) is 3. The van der Waals surface area contributed by atoms with E-state index in [1.165, 1.54) is 24.7 Å². The molecule has 5 nitrogen and oxygen atoms in total. The maximum Gasteiger partial charge on any atom is 0.275 e. The number of carbonyl (C=O) groups excluding carboxylic acids is 1. The monoisotopic (exact) mass is 296 g/mol. The highest BCUT2D eigenvalue weighted by Crippen LogP contribution is 2.14. The molecule has 0 fully saturated rings. The lowest BCUT2D eigenvalue weighted by atomic mass is 10.3. The van der Waals surface area contributed by atoms with E-state index in [0.29, 0.717) is 17.2 Å². The molecule has 0 radical (unpaired) electrons. The van der Waals surface area contributed by atoms with Gasteiger partial charge in [-0.2, -0.15) is 0 Å². The molecule has 110 valence electrons. The van der Waals surface area contributed by atoms with Crippen molar-refractivity contribution in [3.05, 3.63) is 72.2 Å². The topological polar surface area (TPSA) is 59.8 Å². The number of pyridine rings is 1. The SMILES string of the molecule is Cc1cccc(NC(=O)c2cncn2-c2ccc(F)cc2)n1. The zero-order valence-electron chi connectivity index (χ0n) is 11.8. The van der Waals surface area contributed by atoms with Crippen LogP contribution in [-0.4, -0.2) is 20.4 Å². The maximum atomic E-state index is 13.0. The Morgan fingerprint density at radius 1 is 1.18 bits per heavy atom. The van der Waals surface area contributed by atoms with E-state index in [0.717, 1.165) is 5.69 Å². The molecule has 3 rings (SSSR count). The predicted octanol–water partition coefficient (Wildman–Crippen LogP) is 2.97. The summed E-state index contributed by atoms with van der Waals surface area (Å²) in [4.78, 5) is 20.6. The van der Waals surface area contributed by atoms with Gasteiger partial charge in [-0.25, -0.2) is 14.4 Å². The summed E-state index contributed by atoms with van der Waals surface area (Å²) < 4.78 is 14.6. The van der Waals surface area contributed by atoms with Crippen molar-refractivity contribution in [2.24, 2.45) is 0 Å². The Morgan fingerprint density at radius 2 is 1.95 bits per heavy atom. The molecule has 0 atom stereocenters. The second-order valence-corrected chi connectivity index (χ2v) is 4.74. The average Bonchev–Trinajstić information content (AvgIpc) is 2.97. The van der Waals surface area contributed by atoms with Crippen LogP contribution < -0.4 is 5.32 Å². The zero-order chi connectivity index (χ0) is 15.5. The number of benzene rings is 1. The second kappa shape index (κ2) is 5.77. The molecule has 1 aromatic carbocycles. The molecule has 0 bridgehead atoms. The number of amides is 1. The summed E-state index contributed by atoms with van der Waals surface area (Å²) in [7, 11) is 0. The third kappa shape index (κ3) is 2.85. The minimum Gasteiger partial charge on any atom is -0.305 e. The summed E-state index contributed by atoms with van der Waals surface area (Å²) in [6.45, 7) is 1.85. The van der Waals surface area contributed by atoms with Crippen LogP contribution in [0.25, 0.3) is 5.69 Å². The molecule has 0 saturated carbocycles. The summed E-state index contributed by atoms with van der Waals surface area (Å²) in [6, 6.07) is 11.2. The van der Waals surface area contributed by atoms with Gasteiger partial charge < -0.3 is 5.32 Å². The molecule has 1 amide bonds. The van der Waals surface area contributed by atoms with Crippen LogP contribution in [0.5, 0.6) is 0 Å². The van der Waals surface area contributed by atoms with Crippen molar-refractivity contribution in [3.63, 3.8) is 0 Å². The summed E-state index contributed by atoms with van der Waals surface area (Å²) in [5.74, 6) is -0.199. The lowest BCUT2D eigenvalue weighted by Gasteiger charge is -2.08. The first kappa shape index (κ1) is 13.9. The van der Waals surface area contributed by atoms with Gasteiger partial charge in [0.05, 0.1) is 12.5 Å². The zero-order valence-corrected chi connectivity index (χ0v) is 11.8. The molecule has 0 aliphatic rings. The number of carbonyl (C=O) groups is 1. The number of rotatable bonds is 3. The highest BCUT2D eigenvalue weighted by atomic mass is 19.1. The van der Waals surface area contributed by atoms with Gasteiger partial charge >= 0.3 is 0 Å². The number of hydrogen-bond donors (Lipinski definition) is 1. The van der Waals surface area contributed by atoms with Gasteiger partial charge in [-0.15, -0.1) is 0 Å². The van der Waals surface area contributed by atoms with Crippen LogP contribution in [0.2, 0.25) is 0 Å². The Hall–Kier alpha value is -3.02. The van der Waals surface area contributed by atoms with E-state index in [1.807, 2.05) is 19.1 Å². The van der Waals surface area contributed by atoms with Crippen LogP contribution in [0, 0.1) is 12.7 Å². The highest BCUT2D eigenvalue weighted by Gasteiger charge is 2.13. The lowest BCUT2D eigenvalue weighted by molar-refractivity contribution is 0.102. The number of halogens is 1. The highest BCUT2D eigenvalue weighted by molar-refractivity contribution is 6.02. The molecule has 0 aliphatic carbocycles. The fraction of sp³-hybridized carbons (Fsp3) is 0.0625. The molecule has 1 N–H and O–H groups in total. The van der Waals surface area contributed by atoms with Crippen molar-refractivity contribution in [3.8, 4) is 5.69 Å². The van der Waals surface area contributed by atoms with E-state index in [2.05, 4.69) is 15.3 Å². The number of nitrogens with zero attached hydrogens (tertiary/aromatic N) is 3. The molecular formula is C16H13FN4O. The standard InChI is InChI=1S/C16H13FN4O/c1-11-3-2-4-15(19-11)20-16(22)14-9-18-10-21(14)13-7-5-12(17)6-8-13/h2-10H,1H3,(H,19,20,22). The average molecular weight is 296 g/mol. The molecule has 2 aromatic heterocycles. The molecular weight excluding hydrogens is 283 g/mol. The van der Waals surface area contributed by atoms with Crippen LogP contribution >= 0.6 is 0 Å². The maximum absolute atomic E-state index is 13.0. The number of anilines is 1. The summed E-state index contributed by atoms with van der Waals surface area (Å²) in [6.07, 6.45) is 2.96. The number of nitrogens with one attached hydrogen (secondary N) is 1. The Bertz CT molecular complexity index is 811. The molecule has 0 aliphatic heterocycles. The molecule has 2 heterocycles. The van der Waals surface area contributed by atoms with Crippen molar-refractivity contribution in [1.82, 2.24) is 14.5 Å². The summed E-state index contributed by atoms with van der Waals surface area (Å²) in [5, 5.41) is 2.72. The number of aromatic nitrogens is 3. The van der Waals surface area contributed by atoms with Gasteiger partial charge in [0.1, 0.15) is 17.3 Å². The Balaban J connectivity index is 1.88. The third-order valence-corrected chi connectivity index (χ3v) is 3.11. The fourth-order valence-electron chi connectivity index (χ4n) is 2.06. The Kier molecular flexibility index (Phi) is 3.65. The van der Waals surface area contributed by atoms with Gasteiger partial charge in [-0.3, -0.25) is 9.36 Å². The lowest BCUT2D eigenvalue weighted by Crippen LogP contribution is -2.17. The smallest absolute Gasteiger partial charge is 0.275 e. The van der Waals surface area contributed by atoms with Crippen LogP contribution in [-0.2, 0) is 0 Å². The molecule has 3 aromatic rings. The molecule has 0 spiro atoms. The normalized spacial score (nSPS) is 10.5. The fourth-order valence-corrected chi connectivity index (χ4v) is 2.06. The van der Waals surface area contributed by atoms with Crippen molar-refractivity contribution in [1.29, 1.82) is 0 Å². The summed E-state index contributed by atoms with van der Waals surface area (Å²) >= 11 is 0. The van der Waals surface area contributed by atoms with Crippen molar-refractivity contribution in [2.45, 2.75) is 6.92 Å². The van der Waals surface area contributed by atoms with E-state index in [9.17, 15) is 9.18 Å². The van der Waals surface area contributed by atoms with E-state index < -0.39 is 0 Å². The van der Waals surface area contributed by atoms with E-state index >= 15 is 0 Å². The van der Waals surface area contributed by atoms with E-state index in [4.69, 9.17) is 0 Å². The predicted molar refractivity (Wildman–Crippen MR) is 80.4 cm³/mol. The number of imidazole rings is 1. The largest absolute Gasteiger partial charge is 0.305 e. The first-order valence-corrected chi connectivity index (χ1v) is 6.67. The first-order valence-electron chi connectivity index (χ1n) is 6.67. The first-order chi connectivity index (χ1) is 10.6. The van der Waals surface area contributed by atoms with Crippen molar-refractivity contribution in [2.75, 3.05) is 5.32 Å². The van der Waals surface area contributed by atoms with Gasteiger partial charge in [-0.1, -0.05) is 6.07 Å². The van der Waals surface area contributed by atoms with Gasteiger partial charge in [0.2, 0.25) is 0 Å². The van der Waals surface area contributed by atoms with Crippen molar-refractivity contribution >= 4 is 11.7 Å². The van der Waals surface area contributed by atoms with Gasteiger partial charge in [0, 0.05) is 11.4 Å². The van der Waals surface area contributed by atoms with Gasteiger partial charge in [-0.05, 0) is 43.3 Å². The Labute approximate surface area is 126 Å². The van der Waals surface area contributed by atoms with Crippen LogP contribution in [0.4, 0.5) is 10.2 Å². The van der Waals surface area contributed by atoms with E-state index in [1.54, 1.807) is 22.8 Å². The molecule has 6 heteroatoms. The van der Waals surface area contributed by atoms with Gasteiger partial charge in [0.15, 0.2) is 0 Å². The quantitative estimate of drug-likeness (QED) is 0.808. The van der Waals surface area contributed by atoms with Crippen LogP contribution in [0.3, 0.4) is 0 Å². The summed E-state index contributed by atoms with van der Waals surface area (Å²) in [5.41, 5.74) is 1.81. The Morgan fingerprint density at radius 3 is 2.68 bits per heavy atom.